The van der Waals surface area contributed by atoms with E-state index in [2.05, 4.69) is 10.2 Å². The molecular weight excluding hydrogens is 466 g/mol. The quantitative estimate of drug-likeness (QED) is 0.518. The van der Waals surface area contributed by atoms with Crippen LogP contribution in [0.1, 0.15) is 94.3 Å². The van der Waals surface area contributed by atoms with E-state index in [1.807, 2.05) is 35.2 Å². The summed E-state index contributed by atoms with van der Waals surface area (Å²) in [6, 6.07) is 8.67. The zero-order valence-electron chi connectivity index (χ0n) is 22.7. The average molecular weight is 512 g/mol. The summed E-state index contributed by atoms with van der Waals surface area (Å²) >= 11 is 0. The van der Waals surface area contributed by atoms with Gasteiger partial charge in [0.25, 0.3) is 5.91 Å². The van der Waals surface area contributed by atoms with Gasteiger partial charge in [0, 0.05) is 17.6 Å². The standard InChI is InChI=1S/C30H45N3O4/c1-22(30(36)37-2)31-28(34)27(23-18-20-32(21-19-23)25-14-8-4-9-15-25)33(26-16-10-5-11-17-26)29(35)24-12-6-3-7-13-24/h3,6-7,12-13,22-23,25-27H,4-5,8-11,14-21H2,1-2H3,(H,31,34). The van der Waals surface area contributed by atoms with Gasteiger partial charge in [-0.3, -0.25) is 9.59 Å². The van der Waals surface area contributed by atoms with Crippen molar-refractivity contribution in [3.8, 4) is 0 Å². The van der Waals surface area contributed by atoms with Crippen molar-refractivity contribution in [1.82, 2.24) is 15.1 Å². The monoisotopic (exact) mass is 511 g/mol. The van der Waals surface area contributed by atoms with Crippen LogP contribution in [0.3, 0.4) is 0 Å². The zero-order chi connectivity index (χ0) is 26.2. The molecule has 3 aliphatic rings. The maximum atomic E-state index is 14.1. The maximum Gasteiger partial charge on any atom is 0.328 e. The van der Waals surface area contributed by atoms with Crippen LogP contribution in [0.25, 0.3) is 0 Å². The second-order valence-corrected chi connectivity index (χ2v) is 11.2. The number of benzene rings is 1. The van der Waals surface area contributed by atoms with E-state index in [1.165, 1.54) is 45.6 Å². The first-order valence-corrected chi connectivity index (χ1v) is 14.5. The average Bonchev–Trinajstić information content (AvgIpc) is 2.96. The number of amides is 2. The number of piperidine rings is 1. The molecule has 7 heteroatoms. The number of ether oxygens (including phenoxy) is 1. The molecule has 1 aromatic carbocycles. The Balaban J connectivity index is 1.61. The number of likely N-dealkylation sites (tertiary alicyclic amines) is 1. The van der Waals surface area contributed by atoms with E-state index in [0.29, 0.717) is 11.6 Å². The Bertz CT molecular complexity index is 887. The summed E-state index contributed by atoms with van der Waals surface area (Å²) in [7, 11) is 1.33. The predicted molar refractivity (Wildman–Crippen MR) is 144 cm³/mol. The largest absolute Gasteiger partial charge is 0.467 e. The van der Waals surface area contributed by atoms with Gasteiger partial charge in [-0.15, -0.1) is 0 Å². The van der Waals surface area contributed by atoms with Crippen LogP contribution in [0.5, 0.6) is 0 Å². The van der Waals surface area contributed by atoms with Crippen LogP contribution in [-0.2, 0) is 14.3 Å². The Hall–Kier alpha value is -2.41. The molecule has 0 radical (unpaired) electrons. The molecule has 2 amide bonds. The normalized spacial score (nSPS) is 22.1. The first-order valence-electron chi connectivity index (χ1n) is 14.5. The van der Waals surface area contributed by atoms with E-state index in [1.54, 1.807) is 6.92 Å². The van der Waals surface area contributed by atoms with Gasteiger partial charge in [-0.25, -0.2) is 4.79 Å². The number of methoxy groups -OCH3 is 1. The van der Waals surface area contributed by atoms with Crippen molar-refractivity contribution >= 4 is 17.8 Å². The van der Waals surface area contributed by atoms with Crippen LogP contribution in [-0.4, -0.2) is 72.0 Å². The molecule has 37 heavy (non-hydrogen) atoms. The van der Waals surface area contributed by atoms with Crippen molar-refractivity contribution in [3.05, 3.63) is 35.9 Å². The summed E-state index contributed by atoms with van der Waals surface area (Å²) < 4.78 is 4.87. The molecule has 2 unspecified atom stereocenters. The molecule has 2 saturated carbocycles. The molecule has 3 fully saturated rings. The van der Waals surface area contributed by atoms with Crippen molar-refractivity contribution in [2.24, 2.45) is 5.92 Å². The smallest absolute Gasteiger partial charge is 0.328 e. The number of rotatable bonds is 8. The Kier molecular flexibility index (Phi) is 10.0. The summed E-state index contributed by atoms with van der Waals surface area (Å²) in [6.45, 7) is 3.57. The first-order chi connectivity index (χ1) is 18.0. The lowest BCUT2D eigenvalue weighted by Gasteiger charge is -2.46. The van der Waals surface area contributed by atoms with E-state index >= 15 is 0 Å². The van der Waals surface area contributed by atoms with Crippen molar-refractivity contribution in [3.63, 3.8) is 0 Å². The van der Waals surface area contributed by atoms with Gasteiger partial charge in [0.05, 0.1) is 7.11 Å². The van der Waals surface area contributed by atoms with Gasteiger partial charge in [-0.05, 0) is 76.6 Å². The summed E-state index contributed by atoms with van der Waals surface area (Å²) in [4.78, 5) is 44.7. The van der Waals surface area contributed by atoms with Gasteiger partial charge in [0.2, 0.25) is 5.91 Å². The molecule has 1 aromatic rings. The third-order valence-corrected chi connectivity index (χ3v) is 8.82. The Morgan fingerprint density at radius 2 is 1.49 bits per heavy atom. The fourth-order valence-corrected chi connectivity index (χ4v) is 6.76. The third kappa shape index (κ3) is 6.92. The second kappa shape index (κ2) is 13.4. The molecular formula is C30H45N3O4. The number of hydrogen-bond donors (Lipinski definition) is 1. The fraction of sp³-hybridized carbons (Fsp3) is 0.700. The number of carbonyl (C=O) groups excluding carboxylic acids is 3. The SMILES string of the molecule is COC(=O)C(C)NC(=O)C(C1CCN(C2CCCCC2)CC1)N(C(=O)c1ccccc1)C1CCCCC1. The molecule has 1 heterocycles. The van der Waals surface area contributed by atoms with Gasteiger partial charge >= 0.3 is 5.97 Å². The highest BCUT2D eigenvalue weighted by molar-refractivity contribution is 5.98. The lowest BCUT2D eigenvalue weighted by molar-refractivity contribution is -0.145. The van der Waals surface area contributed by atoms with E-state index < -0.39 is 18.1 Å². The highest BCUT2D eigenvalue weighted by Crippen LogP contribution is 2.34. The lowest BCUT2D eigenvalue weighted by Crippen LogP contribution is -2.60. The van der Waals surface area contributed by atoms with Gasteiger partial charge in [0.15, 0.2) is 0 Å². The number of nitrogens with one attached hydrogen (secondary N) is 1. The minimum atomic E-state index is -0.762. The van der Waals surface area contributed by atoms with Gasteiger partial charge in [0.1, 0.15) is 12.1 Å². The number of carbonyl (C=O) groups is 3. The van der Waals surface area contributed by atoms with E-state index in [9.17, 15) is 14.4 Å². The van der Waals surface area contributed by atoms with E-state index in [0.717, 1.165) is 51.6 Å². The minimum Gasteiger partial charge on any atom is -0.467 e. The minimum absolute atomic E-state index is 0.0296. The Labute approximate surface area is 222 Å². The van der Waals surface area contributed by atoms with Crippen molar-refractivity contribution in [1.29, 1.82) is 0 Å². The van der Waals surface area contributed by atoms with Crippen LogP contribution in [0.2, 0.25) is 0 Å². The van der Waals surface area contributed by atoms with Crippen LogP contribution in [0, 0.1) is 5.92 Å². The summed E-state index contributed by atoms with van der Waals surface area (Å²) in [5.74, 6) is -0.728. The fourth-order valence-electron chi connectivity index (χ4n) is 6.76. The number of esters is 1. The number of nitrogens with zero attached hydrogens (tertiary/aromatic N) is 2. The molecule has 2 aliphatic carbocycles. The molecule has 0 aromatic heterocycles. The zero-order valence-corrected chi connectivity index (χ0v) is 22.7. The van der Waals surface area contributed by atoms with Crippen molar-refractivity contribution in [2.75, 3.05) is 20.2 Å². The Morgan fingerprint density at radius 1 is 0.892 bits per heavy atom. The van der Waals surface area contributed by atoms with E-state index in [4.69, 9.17) is 4.74 Å². The highest BCUT2D eigenvalue weighted by atomic mass is 16.5. The Morgan fingerprint density at radius 3 is 2.08 bits per heavy atom. The van der Waals surface area contributed by atoms with Crippen LogP contribution < -0.4 is 5.32 Å². The second-order valence-electron chi connectivity index (χ2n) is 11.2. The van der Waals surface area contributed by atoms with Crippen LogP contribution in [0.15, 0.2) is 30.3 Å². The molecule has 7 nitrogen and oxygen atoms in total. The predicted octanol–water partition coefficient (Wildman–Crippen LogP) is 4.55. The highest BCUT2D eigenvalue weighted by Gasteiger charge is 2.43. The number of hydrogen-bond acceptors (Lipinski definition) is 5. The van der Waals surface area contributed by atoms with Crippen LogP contribution in [0.4, 0.5) is 0 Å². The van der Waals surface area contributed by atoms with Gasteiger partial charge in [-0.2, -0.15) is 0 Å². The summed E-state index contributed by atoms with van der Waals surface area (Å²) in [5.41, 5.74) is 0.617. The maximum absolute atomic E-state index is 14.1. The van der Waals surface area contributed by atoms with Crippen LogP contribution >= 0.6 is 0 Å². The molecule has 2 atom stereocenters. The molecule has 4 rings (SSSR count). The molecule has 204 valence electrons. The molecule has 1 N–H and O–H groups in total. The summed E-state index contributed by atoms with van der Waals surface area (Å²) in [5, 5.41) is 2.91. The molecule has 1 aliphatic heterocycles. The first kappa shape index (κ1) is 27.6. The van der Waals surface area contributed by atoms with E-state index in [-0.39, 0.29) is 23.8 Å². The summed E-state index contributed by atoms with van der Waals surface area (Å²) in [6.07, 6.45) is 13.4. The molecule has 1 saturated heterocycles. The molecule has 0 bridgehead atoms. The third-order valence-electron chi connectivity index (χ3n) is 8.82. The lowest BCUT2D eigenvalue weighted by atomic mass is 9.83. The van der Waals surface area contributed by atoms with Crippen molar-refractivity contribution < 1.29 is 19.1 Å². The van der Waals surface area contributed by atoms with Gasteiger partial charge < -0.3 is 19.9 Å². The topological polar surface area (TPSA) is 79.0 Å². The van der Waals surface area contributed by atoms with Gasteiger partial charge in [-0.1, -0.05) is 56.7 Å². The van der Waals surface area contributed by atoms with Crippen molar-refractivity contribution in [2.45, 2.75) is 108 Å². The molecule has 0 spiro atoms.